The van der Waals surface area contributed by atoms with E-state index in [1.54, 1.807) is 30.7 Å². The average molecular weight is 320 g/mol. The number of methoxy groups -OCH3 is 1. The molecule has 2 aromatic rings. The molecule has 2 rings (SSSR count). The first-order valence-electron chi connectivity index (χ1n) is 6.22. The number of anilines is 1. The van der Waals surface area contributed by atoms with Crippen LogP contribution in [-0.2, 0) is 4.79 Å². The van der Waals surface area contributed by atoms with Crippen LogP contribution in [0.15, 0.2) is 64.9 Å². The van der Waals surface area contributed by atoms with Crippen LogP contribution in [0.3, 0.4) is 0 Å². The largest absolute Gasteiger partial charge is 0.495 e. The second-order valence-corrected chi connectivity index (χ2v) is 5.48. The lowest BCUT2D eigenvalue weighted by atomic mass is 10.3. The molecule has 0 saturated carbocycles. The molecule has 2 aromatic carbocycles. The van der Waals surface area contributed by atoms with Crippen LogP contribution in [-0.4, -0.2) is 13.0 Å². The number of carbonyl (C=O) groups excluding carboxylic acids is 1. The highest BCUT2D eigenvalue weighted by atomic mass is 35.5. The lowest BCUT2D eigenvalue weighted by molar-refractivity contribution is -0.111. The van der Waals surface area contributed by atoms with E-state index in [0.29, 0.717) is 16.5 Å². The van der Waals surface area contributed by atoms with E-state index in [4.69, 9.17) is 16.3 Å². The molecule has 1 N–H and O–H groups in total. The first-order valence-corrected chi connectivity index (χ1v) is 7.47. The summed E-state index contributed by atoms with van der Waals surface area (Å²) in [6.07, 6.45) is 1.47. The number of thioether (sulfide) groups is 1. The third kappa shape index (κ3) is 4.85. The highest BCUT2D eigenvalue weighted by molar-refractivity contribution is 8.02. The fourth-order valence-electron chi connectivity index (χ4n) is 1.63. The summed E-state index contributed by atoms with van der Waals surface area (Å²) in [6, 6.07) is 14.9. The molecular weight excluding hydrogens is 306 g/mol. The first kappa shape index (κ1) is 15.5. The molecule has 5 heteroatoms. The molecule has 3 nitrogen and oxygen atoms in total. The quantitative estimate of drug-likeness (QED) is 0.647. The van der Waals surface area contributed by atoms with E-state index in [1.165, 1.54) is 17.8 Å². The van der Waals surface area contributed by atoms with Gasteiger partial charge in [-0.15, -0.1) is 0 Å². The van der Waals surface area contributed by atoms with E-state index in [-0.39, 0.29) is 5.91 Å². The Morgan fingerprint density at radius 2 is 2.00 bits per heavy atom. The fourth-order valence-corrected chi connectivity index (χ4v) is 2.46. The van der Waals surface area contributed by atoms with Crippen LogP contribution in [0.4, 0.5) is 5.69 Å². The number of benzene rings is 2. The van der Waals surface area contributed by atoms with Gasteiger partial charge in [0.2, 0.25) is 5.91 Å². The number of hydrogen-bond acceptors (Lipinski definition) is 3. The Kier molecular flexibility index (Phi) is 5.72. The van der Waals surface area contributed by atoms with E-state index < -0.39 is 0 Å². The van der Waals surface area contributed by atoms with Crippen molar-refractivity contribution in [1.82, 2.24) is 0 Å². The summed E-state index contributed by atoms with van der Waals surface area (Å²) in [4.78, 5) is 12.9. The molecule has 21 heavy (non-hydrogen) atoms. The summed E-state index contributed by atoms with van der Waals surface area (Å²) < 4.78 is 5.17. The van der Waals surface area contributed by atoms with Gasteiger partial charge in [0.15, 0.2) is 0 Å². The molecule has 0 aliphatic heterocycles. The molecule has 0 aliphatic carbocycles. The predicted molar refractivity (Wildman–Crippen MR) is 88.1 cm³/mol. The molecule has 0 fully saturated rings. The third-order valence-corrected chi connectivity index (χ3v) is 3.64. The van der Waals surface area contributed by atoms with Gasteiger partial charge >= 0.3 is 0 Å². The Morgan fingerprint density at radius 3 is 2.71 bits per heavy atom. The topological polar surface area (TPSA) is 38.3 Å². The minimum Gasteiger partial charge on any atom is -0.495 e. The van der Waals surface area contributed by atoms with Crippen LogP contribution in [0.2, 0.25) is 5.02 Å². The summed E-state index contributed by atoms with van der Waals surface area (Å²) in [7, 11) is 1.54. The van der Waals surface area contributed by atoms with Gasteiger partial charge in [0.1, 0.15) is 5.75 Å². The van der Waals surface area contributed by atoms with Crippen molar-refractivity contribution >= 4 is 35.0 Å². The van der Waals surface area contributed by atoms with Crippen molar-refractivity contribution in [3.63, 3.8) is 0 Å². The maximum atomic E-state index is 11.9. The van der Waals surface area contributed by atoms with Crippen molar-refractivity contribution in [2.75, 3.05) is 12.4 Å². The maximum Gasteiger partial charge on any atom is 0.248 e. The average Bonchev–Trinajstić information content (AvgIpc) is 2.48. The second-order valence-electron chi connectivity index (χ2n) is 4.07. The van der Waals surface area contributed by atoms with Crippen molar-refractivity contribution in [1.29, 1.82) is 0 Å². The van der Waals surface area contributed by atoms with Gasteiger partial charge in [0.05, 0.1) is 12.8 Å². The second kappa shape index (κ2) is 7.76. The van der Waals surface area contributed by atoms with Gasteiger partial charge in [-0.05, 0) is 35.7 Å². The number of amides is 1. The van der Waals surface area contributed by atoms with Gasteiger partial charge in [-0.3, -0.25) is 4.79 Å². The summed E-state index contributed by atoms with van der Waals surface area (Å²) in [5.41, 5.74) is 0.546. The Balaban J connectivity index is 1.97. The smallest absolute Gasteiger partial charge is 0.248 e. The number of carbonyl (C=O) groups is 1. The minimum atomic E-state index is -0.237. The Morgan fingerprint density at radius 1 is 1.24 bits per heavy atom. The van der Waals surface area contributed by atoms with Gasteiger partial charge in [0, 0.05) is 16.0 Å². The number of halogens is 1. The minimum absolute atomic E-state index is 0.237. The van der Waals surface area contributed by atoms with E-state index in [2.05, 4.69) is 5.32 Å². The van der Waals surface area contributed by atoms with Crippen molar-refractivity contribution in [3.05, 3.63) is 65.0 Å². The molecule has 0 atom stereocenters. The van der Waals surface area contributed by atoms with Gasteiger partial charge in [-0.25, -0.2) is 0 Å². The van der Waals surface area contributed by atoms with Crippen molar-refractivity contribution in [2.24, 2.45) is 0 Å². The maximum absolute atomic E-state index is 11.9. The Labute approximate surface area is 133 Å². The molecule has 1 amide bonds. The van der Waals surface area contributed by atoms with Crippen LogP contribution in [0.1, 0.15) is 0 Å². The monoisotopic (exact) mass is 319 g/mol. The SMILES string of the molecule is COc1ccc(Cl)cc1NC(=O)/C=C/Sc1ccccc1. The first-order chi connectivity index (χ1) is 10.2. The molecule has 0 unspecified atom stereocenters. The Hall–Kier alpha value is -1.91. The zero-order chi connectivity index (χ0) is 15.1. The Bertz CT molecular complexity index is 644. The molecule has 0 aromatic heterocycles. The van der Waals surface area contributed by atoms with E-state index in [0.717, 1.165) is 4.90 Å². The predicted octanol–water partition coefficient (Wildman–Crippen LogP) is 4.59. The lowest BCUT2D eigenvalue weighted by Crippen LogP contribution is -2.08. The van der Waals surface area contributed by atoms with Crippen LogP contribution in [0.5, 0.6) is 5.75 Å². The van der Waals surface area contributed by atoms with Crippen molar-refractivity contribution in [2.45, 2.75) is 4.90 Å². The van der Waals surface area contributed by atoms with Gasteiger partial charge in [-0.2, -0.15) is 0 Å². The molecule has 0 heterocycles. The standard InChI is InChI=1S/C16H14ClNO2S/c1-20-15-8-7-12(17)11-14(15)18-16(19)9-10-21-13-5-3-2-4-6-13/h2-11H,1H3,(H,18,19)/b10-9+. The normalized spacial score (nSPS) is 10.6. The van der Waals surface area contributed by atoms with E-state index in [1.807, 2.05) is 30.3 Å². The van der Waals surface area contributed by atoms with Crippen molar-refractivity contribution in [3.8, 4) is 5.75 Å². The molecule has 0 aliphatic rings. The summed E-state index contributed by atoms with van der Waals surface area (Å²) in [5, 5.41) is 5.01. The highest BCUT2D eigenvalue weighted by Crippen LogP contribution is 2.27. The molecular formula is C16H14ClNO2S. The summed E-state index contributed by atoms with van der Waals surface area (Å²) in [5.74, 6) is 0.330. The van der Waals surface area contributed by atoms with Gasteiger partial charge in [0.25, 0.3) is 0 Å². The number of hydrogen-bond donors (Lipinski definition) is 1. The summed E-state index contributed by atoms with van der Waals surface area (Å²) >= 11 is 7.39. The fraction of sp³-hybridized carbons (Fsp3) is 0.0625. The number of nitrogens with one attached hydrogen (secondary N) is 1. The van der Waals surface area contributed by atoms with E-state index in [9.17, 15) is 4.79 Å². The molecule has 0 radical (unpaired) electrons. The molecule has 0 bridgehead atoms. The zero-order valence-corrected chi connectivity index (χ0v) is 12.9. The molecule has 0 saturated heterocycles. The summed E-state index contributed by atoms with van der Waals surface area (Å²) in [6.45, 7) is 0. The number of ether oxygens (including phenoxy) is 1. The van der Waals surface area contributed by atoms with Gasteiger partial charge < -0.3 is 10.1 Å². The zero-order valence-electron chi connectivity index (χ0n) is 11.4. The van der Waals surface area contributed by atoms with E-state index >= 15 is 0 Å². The molecule has 0 spiro atoms. The van der Waals surface area contributed by atoms with Crippen molar-refractivity contribution < 1.29 is 9.53 Å². The number of rotatable bonds is 5. The van der Waals surface area contributed by atoms with Crippen LogP contribution in [0.25, 0.3) is 0 Å². The van der Waals surface area contributed by atoms with Gasteiger partial charge in [-0.1, -0.05) is 41.6 Å². The third-order valence-electron chi connectivity index (χ3n) is 2.59. The highest BCUT2D eigenvalue weighted by Gasteiger charge is 2.06. The lowest BCUT2D eigenvalue weighted by Gasteiger charge is -2.08. The van der Waals surface area contributed by atoms with Crippen LogP contribution < -0.4 is 10.1 Å². The van der Waals surface area contributed by atoms with Crippen LogP contribution in [0, 0.1) is 0 Å². The van der Waals surface area contributed by atoms with Crippen LogP contribution >= 0.6 is 23.4 Å². The molecule has 108 valence electrons.